The van der Waals surface area contributed by atoms with E-state index >= 15 is 0 Å². The van der Waals surface area contributed by atoms with Crippen LogP contribution in [-0.2, 0) is 14.4 Å². The van der Waals surface area contributed by atoms with Crippen molar-refractivity contribution in [3.63, 3.8) is 0 Å². The fourth-order valence-electron chi connectivity index (χ4n) is 3.58. The van der Waals surface area contributed by atoms with Gasteiger partial charge in [0.2, 0.25) is 0 Å². The molecule has 2 aliphatic rings. The van der Waals surface area contributed by atoms with Gasteiger partial charge in [-0.3, -0.25) is 19.9 Å². The van der Waals surface area contributed by atoms with Crippen molar-refractivity contribution in [1.29, 1.82) is 0 Å². The predicted octanol–water partition coefficient (Wildman–Crippen LogP) is 2.51. The van der Waals surface area contributed by atoms with Gasteiger partial charge in [-0.1, -0.05) is 17.7 Å². The Morgan fingerprint density at radius 1 is 1.00 bits per heavy atom. The monoisotopic (exact) mass is 380 g/mol. The lowest BCUT2D eigenvalue weighted by molar-refractivity contribution is -0.127. The lowest BCUT2D eigenvalue weighted by Crippen LogP contribution is -2.34. The Kier molecular flexibility index (Phi) is 4.31. The van der Waals surface area contributed by atoms with Gasteiger partial charge in [-0.25, -0.2) is 4.90 Å². The van der Waals surface area contributed by atoms with Gasteiger partial charge >= 0.3 is 0 Å². The number of hydrogen-bond acceptors (Lipinski definition) is 6. The van der Waals surface area contributed by atoms with Crippen LogP contribution in [0, 0.1) is 13.8 Å². The molecule has 0 spiro atoms. The number of benzene rings is 2. The number of imide groups is 1. The molecule has 2 aliphatic heterocycles. The number of aryl methyl sites for hydroxylation is 2. The van der Waals surface area contributed by atoms with Crippen molar-refractivity contribution < 1.29 is 23.9 Å². The van der Waals surface area contributed by atoms with E-state index in [4.69, 9.17) is 14.3 Å². The number of carbonyl (C=O) groups is 2. The van der Waals surface area contributed by atoms with Crippen LogP contribution in [0.5, 0.6) is 11.5 Å². The molecule has 0 saturated carbocycles. The summed E-state index contributed by atoms with van der Waals surface area (Å²) in [6.07, 6.45) is -0.976. The average Bonchev–Trinajstić information content (AvgIpc) is 3.22. The molecule has 0 bridgehead atoms. The van der Waals surface area contributed by atoms with Crippen LogP contribution in [0.3, 0.4) is 0 Å². The summed E-state index contributed by atoms with van der Waals surface area (Å²) in [6.45, 7) is 3.84. The van der Waals surface area contributed by atoms with E-state index in [9.17, 15) is 9.59 Å². The number of ether oxygens (including phenoxy) is 2. The number of rotatable bonds is 4. The van der Waals surface area contributed by atoms with E-state index in [0.29, 0.717) is 28.4 Å². The minimum atomic E-state index is -0.976. The van der Waals surface area contributed by atoms with E-state index < -0.39 is 17.9 Å². The van der Waals surface area contributed by atoms with Crippen LogP contribution >= 0.6 is 0 Å². The van der Waals surface area contributed by atoms with E-state index in [1.807, 2.05) is 26.0 Å². The Morgan fingerprint density at radius 2 is 1.75 bits per heavy atom. The topological polar surface area (TPSA) is 77.1 Å². The largest absolute Gasteiger partial charge is 0.493 e. The average molecular weight is 380 g/mol. The van der Waals surface area contributed by atoms with Crippen LogP contribution in [0.15, 0.2) is 42.0 Å². The number of nitrogens with one attached hydrogen (secondary N) is 1. The molecule has 4 rings (SSSR count). The van der Waals surface area contributed by atoms with Gasteiger partial charge in [0.05, 0.1) is 31.2 Å². The normalized spacial score (nSPS) is 18.4. The molecule has 1 fully saturated rings. The molecule has 0 aliphatic carbocycles. The number of amides is 2. The van der Waals surface area contributed by atoms with Gasteiger partial charge in [-0.15, -0.1) is 0 Å². The molecule has 2 aromatic rings. The van der Waals surface area contributed by atoms with Crippen molar-refractivity contribution in [2.75, 3.05) is 19.1 Å². The Labute approximate surface area is 162 Å². The first-order valence-electron chi connectivity index (χ1n) is 8.80. The van der Waals surface area contributed by atoms with Crippen molar-refractivity contribution in [2.45, 2.75) is 20.0 Å². The zero-order chi connectivity index (χ0) is 20.0. The summed E-state index contributed by atoms with van der Waals surface area (Å²) >= 11 is 0. The Balaban J connectivity index is 1.79. The van der Waals surface area contributed by atoms with Crippen LogP contribution in [0.25, 0.3) is 5.70 Å². The maximum Gasteiger partial charge on any atom is 0.270 e. The van der Waals surface area contributed by atoms with Crippen LogP contribution < -0.4 is 19.9 Å². The molecule has 7 heteroatoms. The van der Waals surface area contributed by atoms with Gasteiger partial charge in [0.15, 0.2) is 17.6 Å². The Bertz CT molecular complexity index is 1030. The second-order valence-corrected chi connectivity index (χ2v) is 6.73. The molecule has 2 aromatic carbocycles. The molecule has 1 atom stereocenters. The number of nitrogens with zero attached hydrogens (tertiary/aromatic N) is 1. The van der Waals surface area contributed by atoms with Gasteiger partial charge < -0.3 is 9.47 Å². The zero-order valence-corrected chi connectivity index (χ0v) is 16.0. The molecule has 0 aromatic heterocycles. The summed E-state index contributed by atoms with van der Waals surface area (Å²) < 4.78 is 10.6. The predicted molar refractivity (Wildman–Crippen MR) is 103 cm³/mol. The third-order valence-corrected chi connectivity index (χ3v) is 4.95. The molecule has 28 heavy (non-hydrogen) atoms. The van der Waals surface area contributed by atoms with E-state index in [2.05, 4.69) is 5.48 Å². The van der Waals surface area contributed by atoms with Gasteiger partial charge in [-0.05, 0) is 43.7 Å². The van der Waals surface area contributed by atoms with E-state index in [1.165, 1.54) is 12.0 Å². The van der Waals surface area contributed by atoms with E-state index in [1.54, 1.807) is 31.4 Å². The van der Waals surface area contributed by atoms with Crippen LogP contribution in [-0.4, -0.2) is 32.1 Å². The van der Waals surface area contributed by atoms with E-state index in [-0.39, 0.29) is 5.57 Å². The number of hydroxylamine groups is 1. The van der Waals surface area contributed by atoms with Gasteiger partial charge in [-0.2, -0.15) is 0 Å². The maximum absolute atomic E-state index is 13.2. The molecular formula is C21H20N2O5. The summed E-state index contributed by atoms with van der Waals surface area (Å²) in [6, 6.07) is 10.8. The first-order chi connectivity index (χ1) is 13.5. The summed E-state index contributed by atoms with van der Waals surface area (Å²) in [5.41, 5.74) is 6.62. The second kappa shape index (κ2) is 6.69. The molecule has 1 N–H and O–H groups in total. The zero-order valence-electron chi connectivity index (χ0n) is 16.0. The molecule has 0 radical (unpaired) electrons. The third kappa shape index (κ3) is 2.63. The van der Waals surface area contributed by atoms with Crippen molar-refractivity contribution in [3.05, 3.63) is 58.7 Å². The highest BCUT2D eigenvalue weighted by molar-refractivity contribution is 6.33. The highest BCUT2D eigenvalue weighted by Crippen LogP contribution is 2.39. The Hall–Kier alpha value is -3.32. The molecule has 0 unspecified atom stereocenters. The van der Waals surface area contributed by atoms with Crippen LogP contribution in [0.4, 0.5) is 5.69 Å². The number of fused-ring (bicyclic) bond motifs is 1. The lowest BCUT2D eigenvalue weighted by atomic mass is 10.0. The van der Waals surface area contributed by atoms with Crippen molar-refractivity contribution in [1.82, 2.24) is 5.48 Å². The molecule has 1 saturated heterocycles. The summed E-state index contributed by atoms with van der Waals surface area (Å²) in [5, 5.41) is 0. The first-order valence-corrected chi connectivity index (χ1v) is 8.80. The van der Waals surface area contributed by atoms with Crippen molar-refractivity contribution >= 4 is 23.2 Å². The quantitative estimate of drug-likeness (QED) is 0.822. The fraction of sp³-hybridized carbons (Fsp3) is 0.238. The summed E-state index contributed by atoms with van der Waals surface area (Å²) in [7, 11) is 3.08. The standard InChI is InChI=1S/C21H20N2O5/c1-11-5-7-14(12(2)9-11)23-20(24)17-18(22-28-19(17)21(23)25)13-6-8-15(26-3)16(10-13)27-4/h5-10,19,22H,1-4H3/t19-/m0/s1. The highest BCUT2D eigenvalue weighted by atomic mass is 16.7. The summed E-state index contributed by atoms with van der Waals surface area (Å²) in [4.78, 5) is 32.7. The minimum absolute atomic E-state index is 0.289. The second-order valence-electron chi connectivity index (χ2n) is 6.73. The van der Waals surface area contributed by atoms with Gasteiger partial charge in [0.1, 0.15) is 0 Å². The third-order valence-electron chi connectivity index (χ3n) is 4.95. The number of hydrogen-bond donors (Lipinski definition) is 1. The van der Waals surface area contributed by atoms with E-state index in [0.717, 1.165) is 11.1 Å². The number of methoxy groups -OCH3 is 2. The molecular weight excluding hydrogens is 360 g/mol. The van der Waals surface area contributed by atoms with Gasteiger partial charge in [0, 0.05) is 5.56 Å². The van der Waals surface area contributed by atoms with Crippen molar-refractivity contribution in [2.24, 2.45) is 0 Å². The first kappa shape index (κ1) is 18.1. The lowest BCUT2D eigenvalue weighted by Gasteiger charge is -2.18. The van der Waals surface area contributed by atoms with Crippen LogP contribution in [0.2, 0.25) is 0 Å². The summed E-state index contributed by atoms with van der Waals surface area (Å²) in [5.74, 6) is 0.283. The molecule has 2 heterocycles. The maximum atomic E-state index is 13.2. The smallest absolute Gasteiger partial charge is 0.270 e. The molecule has 144 valence electrons. The SMILES string of the molecule is COc1ccc(C2=C3C(=O)N(c4ccc(C)cc4C)C(=O)[C@H]3ON2)cc1OC. The minimum Gasteiger partial charge on any atom is -0.493 e. The fourth-order valence-corrected chi connectivity index (χ4v) is 3.58. The molecule has 7 nitrogen and oxygen atoms in total. The van der Waals surface area contributed by atoms with Crippen LogP contribution in [0.1, 0.15) is 16.7 Å². The Morgan fingerprint density at radius 3 is 2.43 bits per heavy atom. The number of anilines is 1. The molecule has 2 amide bonds. The number of carbonyl (C=O) groups excluding carboxylic acids is 2. The van der Waals surface area contributed by atoms with Crippen molar-refractivity contribution in [3.8, 4) is 11.5 Å². The van der Waals surface area contributed by atoms with Gasteiger partial charge in [0.25, 0.3) is 11.8 Å². The highest BCUT2D eigenvalue weighted by Gasteiger charge is 2.51.